The zero-order valence-corrected chi connectivity index (χ0v) is 10.4. The number of carbonyl (C=O) groups excluding carboxylic acids is 1. The highest BCUT2D eigenvalue weighted by atomic mass is 32.1. The molecular formula is C13H12O3S. The maximum Gasteiger partial charge on any atom is 0.338 e. The van der Waals surface area contributed by atoms with Crippen molar-refractivity contribution in [3.63, 3.8) is 0 Å². The molecule has 0 radical (unpaired) electrons. The number of hydrogen-bond acceptors (Lipinski definition) is 4. The Morgan fingerprint density at radius 1 is 1.18 bits per heavy atom. The van der Waals surface area contributed by atoms with Crippen LogP contribution in [-0.4, -0.2) is 20.2 Å². The van der Waals surface area contributed by atoms with E-state index in [4.69, 9.17) is 4.74 Å². The maximum absolute atomic E-state index is 11.3. The van der Waals surface area contributed by atoms with E-state index in [9.17, 15) is 4.79 Å². The molecule has 0 unspecified atom stereocenters. The number of thiophene rings is 1. The first-order chi connectivity index (χ1) is 8.24. The van der Waals surface area contributed by atoms with Crippen molar-refractivity contribution in [1.82, 2.24) is 0 Å². The molecule has 1 heterocycles. The summed E-state index contributed by atoms with van der Waals surface area (Å²) < 4.78 is 9.76. The lowest BCUT2D eigenvalue weighted by atomic mass is 10.1. The summed E-state index contributed by atoms with van der Waals surface area (Å²) in [5.41, 5.74) is 1.65. The van der Waals surface area contributed by atoms with Gasteiger partial charge in [0.25, 0.3) is 0 Å². The van der Waals surface area contributed by atoms with Gasteiger partial charge in [-0.25, -0.2) is 4.79 Å². The molecular weight excluding hydrogens is 236 g/mol. The molecule has 1 aromatic heterocycles. The van der Waals surface area contributed by atoms with Gasteiger partial charge in [0.1, 0.15) is 5.75 Å². The molecule has 0 amide bonds. The van der Waals surface area contributed by atoms with E-state index in [0.29, 0.717) is 5.56 Å². The number of benzene rings is 1. The van der Waals surface area contributed by atoms with E-state index in [1.807, 2.05) is 30.3 Å². The molecule has 0 atom stereocenters. The van der Waals surface area contributed by atoms with E-state index in [-0.39, 0.29) is 5.97 Å². The molecule has 3 nitrogen and oxygen atoms in total. The molecule has 0 saturated heterocycles. The van der Waals surface area contributed by atoms with Gasteiger partial charge in [-0.1, -0.05) is 0 Å². The number of esters is 1. The fourth-order valence-corrected chi connectivity index (χ4v) is 2.35. The van der Waals surface area contributed by atoms with Gasteiger partial charge in [0, 0.05) is 10.3 Å². The Balaban J connectivity index is 2.27. The normalized spacial score (nSPS) is 10.0. The van der Waals surface area contributed by atoms with Gasteiger partial charge in [-0.05, 0) is 35.9 Å². The van der Waals surface area contributed by atoms with Crippen LogP contribution in [0.3, 0.4) is 0 Å². The Bertz CT molecular complexity index is 514. The van der Waals surface area contributed by atoms with Crippen LogP contribution in [0.25, 0.3) is 10.4 Å². The largest absolute Gasteiger partial charge is 0.497 e. The number of methoxy groups -OCH3 is 2. The molecule has 0 aliphatic rings. The van der Waals surface area contributed by atoms with Crippen LogP contribution in [0.1, 0.15) is 10.4 Å². The highest BCUT2D eigenvalue weighted by Gasteiger charge is 2.09. The van der Waals surface area contributed by atoms with Gasteiger partial charge >= 0.3 is 5.97 Å². The molecule has 17 heavy (non-hydrogen) atoms. The molecule has 0 spiro atoms. The SMILES string of the molecule is COC(=O)c1csc(-c2ccc(OC)cc2)c1. The van der Waals surface area contributed by atoms with Crippen LogP contribution in [0.15, 0.2) is 35.7 Å². The summed E-state index contributed by atoms with van der Waals surface area (Å²) >= 11 is 1.52. The first-order valence-corrected chi connectivity index (χ1v) is 5.94. The third-order valence-electron chi connectivity index (χ3n) is 2.40. The quantitative estimate of drug-likeness (QED) is 0.782. The summed E-state index contributed by atoms with van der Waals surface area (Å²) in [5, 5.41) is 1.80. The van der Waals surface area contributed by atoms with Crippen LogP contribution >= 0.6 is 11.3 Å². The second-order valence-electron chi connectivity index (χ2n) is 3.42. The highest BCUT2D eigenvalue weighted by Crippen LogP contribution is 2.28. The van der Waals surface area contributed by atoms with Crippen molar-refractivity contribution in [3.05, 3.63) is 41.3 Å². The molecule has 2 rings (SSSR count). The number of hydrogen-bond donors (Lipinski definition) is 0. The van der Waals surface area contributed by atoms with Crippen LogP contribution in [-0.2, 0) is 4.74 Å². The molecule has 0 bridgehead atoms. The van der Waals surface area contributed by atoms with Gasteiger partial charge in [0.05, 0.1) is 19.8 Å². The average molecular weight is 248 g/mol. The van der Waals surface area contributed by atoms with E-state index in [1.54, 1.807) is 12.5 Å². The predicted molar refractivity (Wildman–Crippen MR) is 67.6 cm³/mol. The lowest BCUT2D eigenvalue weighted by molar-refractivity contribution is 0.0601. The number of rotatable bonds is 3. The average Bonchev–Trinajstić information content (AvgIpc) is 2.87. The van der Waals surface area contributed by atoms with Crippen molar-refractivity contribution >= 4 is 17.3 Å². The van der Waals surface area contributed by atoms with Crippen LogP contribution in [0.4, 0.5) is 0 Å². The molecule has 0 fully saturated rings. The fraction of sp³-hybridized carbons (Fsp3) is 0.154. The molecule has 0 aliphatic carbocycles. The summed E-state index contributed by atoms with van der Waals surface area (Å²) in [7, 11) is 3.02. The van der Waals surface area contributed by atoms with Crippen molar-refractivity contribution < 1.29 is 14.3 Å². The van der Waals surface area contributed by atoms with Crippen molar-refractivity contribution in [3.8, 4) is 16.2 Å². The van der Waals surface area contributed by atoms with Gasteiger partial charge < -0.3 is 9.47 Å². The minimum Gasteiger partial charge on any atom is -0.497 e. The second-order valence-corrected chi connectivity index (χ2v) is 4.33. The summed E-state index contributed by atoms with van der Waals surface area (Å²) in [4.78, 5) is 12.4. The van der Waals surface area contributed by atoms with Crippen LogP contribution in [0, 0.1) is 0 Å². The van der Waals surface area contributed by atoms with Gasteiger partial charge in [-0.3, -0.25) is 0 Å². The van der Waals surface area contributed by atoms with E-state index < -0.39 is 0 Å². The van der Waals surface area contributed by atoms with Crippen LogP contribution < -0.4 is 4.74 Å². The summed E-state index contributed by atoms with van der Waals surface area (Å²) in [6.07, 6.45) is 0. The lowest BCUT2D eigenvalue weighted by Crippen LogP contribution is -1.97. The predicted octanol–water partition coefficient (Wildman–Crippen LogP) is 3.21. The topological polar surface area (TPSA) is 35.5 Å². The fourth-order valence-electron chi connectivity index (χ4n) is 1.47. The minimum absolute atomic E-state index is 0.305. The number of carbonyl (C=O) groups is 1. The minimum atomic E-state index is -0.305. The first-order valence-electron chi connectivity index (χ1n) is 5.06. The van der Waals surface area contributed by atoms with E-state index in [1.165, 1.54) is 18.4 Å². The summed E-state index contributed by atoms with van der Waals surface area (Å²) in [6.45, 7) is 0. The van der Waals surface area contributed by atoms with Crippen molar-refractivity contribution in [2.24, 2.45) is 0 Å². The standard InChI is InChI=1S/C13H12O3S/c1-15-11-5-3-9(4-6-11)12-7-10(8-17-12)13(14)16-2/h3-8H,1-2H3. The van der Waals surface area contributed by atoms with Gasteiger partial charge in [0.15, 0.2) is 0 Å². The second kappa shape index (κ2) is 5.01. The van der Waals surface area contributed by atoms with Gasteiger partial charge in [-0.15, -0.1) is 11.3 Å². The zero-order valence-electron chi connectivity index (χ0n) is 9.60. The Hall–Kier alpha value is -1.81. The Morgan fingerprint density at radius 3 is 2.47 bits per heavy atom. The Labute approximate surface area is 104 Å². The van der Waals surface area contributed by atoms with E-state index in [2.05, 4.69) is 4.74 Å². The monoisotopic (exact) mass is 248 g/mol. The lowest BCUT2D eigenvalue weighted by Gasteiger charge is -2.00. The Kier molecular flexibility index (Phi) is 3.44. The molecule has 2 aromatic rings. The summed E-state index contributed by atoms with van der Waals surface area (Å²) in [5.74, 6) is 0.513. The van der Waals surface area contributed by atoms with Gasteiger partial charge in [0.2, 0.25) is 0 Å². The van der Waals surface area contributed by atoms with E-state index >= 15 is 0 Å². The highest BCUT2D eigenvalue weighted by molar-refractivity contribution is 7.13. The number of ether oxygens (including phenoxy) is 2. The third kappa shape index (κ3) is 2.47. The molecule has 0 saturated carbocycles. The van der Waals surface area contributed by atoms with Crippen LogP contribution in [0.5, 0.6) is 5.75 Å². The Morgan fingerprint density at radius 2 is 1.88 bits per heavy atom. The maximum atomic E-state index is 11.3. The molecule has 0 N–H and O–H groups in total. The third-order valence-corrected chi connectivity index (χ3v) is 3.37. The van der Waals surface area contributed by atoms with Crippen molar-refractivity contribution in [2.75, 3.05) is 14.2 Å². The molecule has 0 aliphatic heterocycles. The summed E-state index contributed by atoms with van der Waals surface area (Å²) in [6, 6.07) is 9.55. The van der Waals surface area contributed by atoms with Crippen LogP contribution in [0.2, 0.25) is 0 Å². The van der Waals surface area contributed by atoms with E-state index in [0.717, 1.165) is 16.2 Å². The zero-order chi connectivity index (χ0) is 12.3. The first kappa shape index (κ1) is 11.7. The molecule has 1 aromatic carbocycles. The molecule has 88 valence electrons. The van der Waals surface area contributed by atoms with Gasteiger partial charge in [-0.2, -0.15) is 0 Å². The molecule has 4 heteroatoms. The van der Waals surface area contributed by atoms with Crippen molar-refractivity contribution in [1.29, 1.82) is 0 Å². The van der Waals surface area contributed by atoms with Crippen molar-refractivity contribution in [2.45, 2.75) is 0 Å². The smallest absolute Gasteiger partial charge is 0.338 e.